The minimum atomic E-state index is 0. The normalized spacial score (nSPS) is 9.36. The molecule has 0 radical (unpaired) electrons. The molecular weight excluding hydrogens is 344 g/mol. The van der Waals surface area contributed by atoms with E-state index in [4.69, 9.17) is 0 Å². The van der Waals surface area contributed by atoms with Crippen molar-refractivity contribution in [2.75, 3.05) is 5.43 Å². The van der Waals surface area contributed by atoms with Gasteiger partial charge in [-0.2, -0.15) is 9.99 Å². The van der Waals surface area contributed by atoms with E-state index in [1.165, 1.54) is 0 Å². The Bertz CT molecular complexity index is 687. The van der Waals surface area contributed by atoms with Gasteiger partial charge in [0.2, 0.25) is 0 Å². The van der Waals surface area contributed by atoms with Crippen LogP contribution in [0.1, 0.15) is 5.69 Å². The van der Waals surface area contributed by atoms with Gasteiger partial charge in [0.15, 0.2) is 5.69 Å². The Hall–Kier alpha value is -2.84. The van der Waals surface area contributed by atoms with Gasteiger partial charge < -0.3 is 28.8 Å². The first-order chi connectivity index (χ1) is 10.4. The van der Waals surface area contributed by atoms with Gasteiger partial charge in [-0.1, -0.05) is 30.3 Å². The first kappa shape index (κ1) is 24.4. The Morgan fingerprint density at radius 1 is 0.800 bits per heavy atom. The van der Waals surface area contributed by atoms with Crippen LogP contribution in [0.25, 0.3) is 0 Å². The van der Waals surface area contributed by atoms with E-state index in [-0.39, 0.29) is 28.8 Å². The molecule has 0 bridgehead atoms. The van der Waals surface area contributed by atoms with Crippen LogP contribution in [0.3, 0.4) is 0 Å². The van der Waals surface area contributed by atoms with Crippen LogP contribution in [0, 0.1) is 0 Å². The second kappa shape index (κ2) is 12.6. The van der Waals surface area contributed by atoms with Gasteiger partial charge in [0.05, 0.1) is 23.2 Å². The summed E-state index contributed by atoms with van der Waals surface area (Å²) >= 11 is 0. The summed E-state index contributed by atoms with van der Waals surface area (Å²) < 4.78 is 1.93. The Morgan fingerprint density at radius 3 is 2.00 bits per heavy atom. The van der Waals surface area contributed by atoms with E-state index in [2.05, 4.69) is 15.5 Å². The van der Waals surface area contributed by atoms with Crippen LogP contribution in [-0.4, -0.2) is 27.2 Å². The zero-order valence-corrected chi connectivity index (χ0v) is 14.1. The molecule has 2 aromatic heterocycles. The lowest BCUT2D eigenvalue weighted by molar-refractivity contribution is -0.554. The molecule has 0 saturated carbocycles. The molecule has 7 nitrogen and oxygen atoms in total. The van der Waals surface area contributed by atoms with Crippen molar-refractivity contribution in [1.29, 1.82) is 0 Å². The maximum absolute atomic E-state index is 4.50. The lowest BCUT2D eigenvalue weighted by Gasteiger charge is -2.00. The first-order valence-corrected chi connectivity index (χ1v) is 6.70. The number of hydrogen-bond donors (Lipinski definition) is 1. The van der Waals surface area contributed by atoms with Gasteiger partial charge in [-0.25, -0.2) is 4.98 Å². The fourth-order valence-electron chi connectivity index (χ4n) is 1.91. The second-order valence-corrected chi connectivity index (χ2v) is 4.41. The number of para-hydroxylation sites is 1. The van der Waals surface area contributed by atoms with Gasteiger partial charge >= 0.3 is 5.84 Å². The monoisotopic (exact) mass is 364 g/mol. The van der Waals surface area contributed by atoms with Crippen LogP contribution in [0.2, 0.25) is 0 Å². The summed E-state index contributed by atoms with van der Waals surface area (Å²) in [4.78, 5) is 4.38. The van der Waals surface area contributed by atoms with Crippen LogP contribution in [-0.2, 0) is 0 Å². The molecule has 0 spiro atoms. The highest BCUT2D eigenvalue weighted by atomic mass is 35.5. The molecule has 0 unspecified atom stereocenters. The molecule has 25 heavy (non-hydrogen) atoms. The molecule has 134 valence electrons. The summed E-state index contributed by atoms with van der Waals surface area (Å²) in [5.41, 5.74) is 4.80. The SMILES string of the molecule is O.O.O.[Cl-].c1ccc(NN=C(c2ccccn2)[n+]2ccccc2)cc1. The predicted octanol–water partition coefficient (Wildman–Crippen LogP) is -2.78. The summed E-state index contributed by atoms with van der Waals surface area (Å²) in [6, 6.07) is 21.5. The predicted molar refractivity (Wildman–Crippen MR) is 93.7 cm³/mol. The molecule has 0 aliphatic carbocycles. The number of halogens is 1. The highest BCUT2D eigenvalue weighted by Crippen LogP contribution is 2.05. The minimum Gasteiger partial charge on any atom is -1.00 e. The highest BCUT2D eigenvalue weighted by molar-refractivity contribution is 5.90. The number of hydrogen-bond acceptors (Lipinski definition) is 3. The third-order valence-corrected chi connectivity index (χ3v) is 2.92. The first-order valence-electron chi connectivity index (χ1n) is 6.70. The molecule has 0 aliphatic heterocycles. The maximum atomic E-state index is 4.50. The third kappa shape index (κ3) is 6.66. The summed E-state index contributed by atoms with van der Waals surface area (Å²) in [5.74, 6) is 0.736. The van der Waals surface area contributed by atoms with Crippen molar-refractivity contribution in [3.05, 3.63) is 91.0 Å². The number of rotatable bonds is 3. The molecule has 3 rings (SSSR count). The number of benzene rings is 1. The topological polar surface area (TPSA) is 136 Å². The number of anilines is 1. The zero-order chi connectivity index (χ0) is 14.3. The van der Waals surface area contributed by atoms with E-state index in [1.807, 2.05) is 83.7 Å². The average molecular weight is 365 g/mol. The van der Waals surface area contributed by atoms with Crippen molar-refractivity contribution >= 4 is 11.5 Å². The van der Waals surface area contributed by atoms with Gasteiger partial charge in [-0.05, 0) is 36.4 Å². The molecule has 7 N–H and O–H groups in total. The van der Waals surface area contributed by atoms with Crippen LogP contribution in [0.15, 0.2) is 90.4 Å². The van der Waals surface area contributed by atoms with E-state index >= 15 is 0 Å². The van der Waals surface area contributed by atoms with Gasteiger partial charge in [0.25, 0.3) is 0 Å². The fourth-order valence-corrected chi connectivity index (χ4v) is 1.91. The molecule has 2 heterocycles. The Balaban J connectivity index is 0. The summed E-state index contributed by atoms with van der Waals surface area (Å²) in [6.07, 6.45) is 5.65. The summed E-state index contributed by atoms with van der Waals surface area (Å²) in [5, 5.41) is 4.50. The van der Waals surface area contributed by atoms with Crippen molar-refractivity contribution in [2.24, 2.45) is 5.10 Å². The number of aromatic nitrogens is 2. The molecule has 0 atom stereocenters. The molecule has 8 heteroatoms. The van der Waals surface area contributed by atoms with Gasteiger partial charge in [0, 0.05) is 6.20 Å². The smallest absolute Gasteiger partial charge is 0.378 e. The Kier molecular flexibility index (Phi) is 12.3. The van der Waals surface area contributed by atoms with Gasteiger partial charge in [0.1, 0.15) is 0 Å². The van der Waals surface area contributed by atoms with E-state index in [1.54, 1.807) is 6.20 Å². The van der Waals surface area contributed by atoms with Gasteiger partial charge in [-0.15, -0.1) is 0 Å². The van der Waals surface area contributed by atoms with Gasteiger partial charge in [-0.3, -0.25) is 0 Å². The highest BCUT2D eigenvalue weighted by Gasteiger charge is 2.16. The minimum absolute atomic E-state index is 0. The molecule has 0 aliphatic rings. The largest absolute Gasteiger partial charge is 1.00 e. The van der Waals surface area contributed by atoms with E-state index in [0.29, 0.717) is 0 Å². The van der Waals surface area contributed by atoms with Crippen molar-refractivity contribution < 1.29 is 33.4 Å². The number of nitrogens with one attached hydrogen (secondary N) is 1. The quantitative estimate of drug-likeness (QED) is 0.233. The van der Waals surface area contributed by atoms with Crippen LogP contribution >= 0.6 is 0 Å². The number of pyridine rings is 2. The molecule has 0 saturated heterocycles. The maximum Gasteiger partial charge on any atom is 0.378 e. The number of nitrogens with zero attached hydrogens (tertiary/aromatic N) is 3. The molecule has 3 aromatic rings. The van der Waals surface area contributed by atoms with Crippen molar-refractivity contribution in [2.45, 2.75) is 0 Å². The van der Waals surface area contributed by atoms with E-state index in [0.717, 1.165) is 17.2 Å². The summed E-state index contributed by atoms with van der Waals surface area (Å²) in [6.45, 7) is 0. The second-order valence-electron chi connectivity index (χ2n) is 4.41. The molecule has 0 amide bonds. The zero-order valence-electron chi connectivity index (χ0n) is 13.3. The third-order valence-electron chi connectivity index (χ3n) is 2.92. The number of hydrazone groups is 1. The Labute approximate surface area is 152 Å². The molecular formula is C17H21ClN4O3. The van der Waals surface area contributed by atoms with Crippen LogP contribution < -0.4 is 22.4 Å². The van der Waals surface area contributed by atoms with Crippen LogP contribution in [0.5, 0.6) is 0 Å². The van der Waals surface area contributed by atoms with Crippen LogP contribution in [0.4, 0.5) is 5.69 Å². The molecule has 0 fully saturated rings. The van der Waals surface area contributed by atoms with Crippen molar-refractivity contribution in [1.82, 2.24) is 4.98 Å². The fraction of sp³-hybridized carbons (Fsp3) is 0. The lowest BCUT2D eigenvalue weighted by Crippen LogP contribution is -3.00. The summed E-state index contributed by atoms with van der Waals surface area (Å²) in [7, 11) is 0. The molecule has 1 aromatic carbocycles. The lowest BCUT2D eigenvalue weighted by atomic mass is 10.3. The van der Waals surface area contributed by atoms with E-state index in [9.17, 15) is 0 Å². The van der Waals surface area contributed by atoms with Crippen molar-refractivity contribution in [3.8, 4) is 0 Å². The Morgan fingerprint density at radius 2 is 1.40 bits per heavy atom. The van der Waals surface area contributed by atoms with Crippen molar-refractivity contribution in [3.63, 3.8) is 0 Å². The van der Waals surface area contributed by atoms with E-state index < -0.39 is 0 Å². The average Bonchev–Trinajstić information content (AvgIpc) is 2.58. The standard InChI is InChI=1S/C17H15N4.ClH.3H2O/c1-3-9-15(10-4-1)19-20-17(16-11-5-6-12-18-16)21-13-7-2-8-14-21;;;;/h1-14,19H;1H;3*1H2/q+1;;;;/p-1.